The number of pyridine rings is 1. The number of rotatable bonds is 3. The molecule has 0 atom stereocenters. The van der Waals surface area contributed by atoms with Crippen molar-refractivity contribution in [2.75, 3.05) is 0 Å². The Morgan fingerprint density at radius 3 is 2.86 bits per heavy atom. The molecule has 0 N–H and O–H groups in total. The monoisotopic (exact) mass is 274 g/mol. The summed E-state index contributed by atoms with van der Waals surface area (Å²) in [6.07, 6.45) is 3.33. The maximum absolute atomic E-state index is 9.05. The van der Waals surface area contributed by atoms with Crippen molar-refractivity contribution >= 4 is 6.08 Å². The lowest BCUT2D eigenvalue weighted by atomic mass is 10.1. The maximum Gasteiger partial charge on any atom is 0.258 e. The summed E-state index contributed by atoms with van der Waals surface area (Å²) in [5, 5.41) is 13.0. The lowest BCUT2D eigenvalue weighted by molar-refractivity contribution is 0.432. The van der Waals surface area contributed by atoms with Crippen LogP contribution in [0.3, 0.4) is 0 Å². The largest absolute Gasteiger partial charge is 0.334 e. The molecule has 0 aliphatic heterocycles. The quantitative estimate of drug-likeness (QED) is 0.732. The second kappa shape index (κ2) is 5.39. The van der Waals surface area contributed by atoms with Crippen LogP contribution in [0.2, 0.25) is 0 Å². The van der Waals surface area contributed by atoms with E-state index in [1.54, 1.807) is 30.5 Å². The molecular formula is C16H10N4O. The van der Waals surface area contributed by atoms with Gasteiger partial charge in [-0.05, 0) is 35.9 Å². The Morgan fingerprint density at radius 2 is 2.14 bits per heavy atom. The van der Waals surface area contributed by atoms with Gasteiger partial charge in [0.15, 0.2) is 0 Å². The van der Waals surface area contributed by atoms with Crippen LogP contribution >= 0.6 is 0 Å². The van der Waals surface area contributed by atoms with Crippen molar-refractivity contribution in [3.63, 3.8) is 0 Å². The van der Waals surface area contributed by atoms with Crippen molar-refractivity contribution in [1.29, 1.82) is 5.26 Å². The summed E-state index contributed by atoms with van der Waals surface area (Å²) >= 11 is 0. The summed E-state index contributed by atoms with van der Waals surface area (Å²) in [5.41, 5.74) is 2.65. The minimum absolute atomic E-state index is 0.343. The molecule has 3 rings (SSSR count). The van der Waals surface area contributed by atoms with E-state index in [2.05, 4.69) is 27.8 Å². The fraction of sp³-hybridized carbons (Fsp3) is 0. The molecule has 3 aromatic rings. The zero-order valence-electron chi connectivity index (χ0n) is 11.0. The maximum atomic E-state index is 9.05. The van der Waals surface area contributed by atoms with E-state index in [0.29, 0.717) is 28.5 Å². The number of nitrogens with zero attached hydrogens (tertiary/aromatic N) is 4. The molecule has 0 saturated heterocycles. The van der Waals surface area contributed by atoms with Gasteiger partial charge in [-0.15, -0.1) is 0 Å². The average Bonchev–Trinajstić information content (AvgIpc) is 3.05. The molecule has 21 heavy (non-hydrogen) atoms. The fourth-order valence-electron chi connectivity index (χ4n) is 1.90. The molecule has 0 spiro atoms. The predicted octanol–water partition coefficient (Wildman–Crippen LogP) is 3.31. The van der Waals surface area contributed by atoms with Crippen molar-refractivity contribution in [3.05, 3.63) is 60.3 Å². The molecule has 0 saturated carbocycles. The first-order valence-electron chi connectivity index (χ1n) is 6.23. The molecule has 1 aromatic carbocycles. The number of hydrogen-bond acceptors (Lipinski definition) is 5. The van der Waals surface area contributed by atoms with Gasteiger partial charge in [0.25, 0.3) is 5.89 Å². The molecule has 0 aliphatic rings. The van der Waals surface area contributed by atoms with Crippen LogP contribution in [0.4, 0.5) is 0 Å². The third-order valence-corrected chi connectivity index (χ3v) is 2.89. The topological polar surface area (TPSA) is 75.6 Å². The van der Waals surface area contributed by atoms with Gasteiger partial charge in [-0.1, -0.05) is 23.9 Å². The fourth-order valence-corrected chi connectivity index (χ4v) is 1.90. The van der Waals surface area contributed by atoms with Crippen LogP contribution in [0, 0.1) is 11.3 Å². The van der Waals surface area contributed by atoms with Crippen molar-refractivity contribution in [2.24, 2.45) is 0 Å². The molecule has 5 nitrogen and oxygen atoms in total. The van der Waals surface area contributed by atoms with Crippen LogP contribution in [0.15, 0.2) is 53.7 Å². The molecule has 0 unspecified atom stereocenters. The minimum atomic E-state index is 0.343. The zero-order valence-corrected chi connectivity index (χ0v) is 11.0. The average molecular weight is 274 g/mol. The van der Waals surface area contributed by atoms with E-state index in [1.165, 1.54) is 0 Å². The number of nitriles is 1. The van der Waals surface area contributed by atoms with Crippen LogP contribution < -0.4 is 0 Å². The van der Waals surface area contributed by atoms with Gasteiger partial charge in [0.2, 0.25) is 5.82 Å². The number of aromatic nitrogens is 3. The second-order valence-electron chi connectivity index (χ2n) is 4.30. The summed E-state index contributed by atoms with van der Waals surface area (Å²) in [6, 6.07) is 12.8. The third-order valence-electron chi connectivity index (χ3n) is 2.89. The van der Waals surface area contributed by atoms with E-state index >= 15 is 0 Å². The molecule has 0 aliphatic carbocycles. The van der Waals surface area contributed by atoms with E-state index < -0.39 is 0 Å². The molecule has 100 valence electrons. The van der Waals surface area contributed by atoms with Gasteiger partial charge in [-0.2, -0.15) is 10.2 Å². The standard InChI is InChI=1S/C16H10N4O/c1-2-11-7-12(10-17)9-13(8-11)16-19-15(20-21-16)14-5-3-4-6-18-14/h2-9H,1H2. The summed E-state index contributed by atoms with van der Waals surface area (Å²) in [7, 11) is 0. The molecule has 0 amide bonds. The normalized spacial score (nSPS) is 10.0. The highest BCUT2D eigenvalue weighted by molar-refractivity contribution is 5.65. The van der Waals surface area contributed by atoms with Crippen LogP contribution in [0.25, 0.3) is 29.0 Å². The van der Waals surface area contributed by atoms with Gasteiger partial charge in [0.1, 0.15) is 5.69 Å². The summed E-state index contributed by atoms with van der Waals surface area (Å²) in [4.78, 5) is 8.49. The summed E-state index contributed by atoms with van der Waals surface area (Å²) in [5.74, 6) is 0.754. The molecule has 2 aromatic heterocycles. The van der Waals surface area contributed by atoms with Gasteiger partial charge in [-0.25, -0.2) is 0 Å². The van der Waals surface area contributed by atoms with E-state index in [4.69, 9.17) is 9.78 Å². The van der Waals surface area contributed by atoms with Crippen molar-refractivity contribution in [1.82, 2.24) is 15.1 Å². The zero-order chi connectivity index (χ0) is 14.7. The van der Waals surface area contributed by atoms with Crippen molar-refractivity contribution < 1.29 is 4.52 Å². The Labute approximate surface area is 121 Å². The molecule has 5 heteroatoms. The number of benzene rings is 1. The van der Waals surface area contributed by atoms with Crippen LogP contribution in [0.5, 0.6) is 0 Å². The minimum Gasteiger partial charge on any atom is -0.334 e. The Balaban J connectivity index is 2.04. The van der Waals surface area contributed by atoms with Crippen LogP contribution in [0.1, 0.15) is 11.1 Å². The predicted molar refractivity (Wildman–Crippen MR) is 77.8 cm³/mol. The molecule has 2 heterocycles. The number of hydrogen-bond donors (Lipinski definition) is 0. The Bertz CT molecular complexity index is 831. The van der Waals surface area contributed by atoms with Crippen molar-refractivity contribution in [3.8, 4) is 29.0 Å². The first kappa shape index (κ1) is 12.8. The lowest BCUT2D eigenvalue weighted by Gasteiger charge is -1.98. The van der Waals surface area contributed by atoms with Crippen LogP contribution in [-0.2, 0) is 0 Å². The highest BCUT2D eigenvalue weighted by Crippen LogP contribution is 2.23. The van der Waals surface area contributed by atoms with Gasteiger partial charge < -0.3 is 4.52 Å². The van der Waals surface area contributed by atoms with Crippen molar-refractivity contribution in [2.45, 2.75) is 0 Å². The van der Waals surface area contributed by atoms with Gasteiger partial charge >= 0.3 is 0 Å². The summed E-state index contributed by atoms with van der Waals surface area (Å²) < 4.78 is 5.26. The smallest absolute Gasteiger partial charge is 0.258 e. The molecule has 0 radical (unpaired) electrons. The Hall–Kier alpha value is -3.26. The van der Waals surface area contributed by atoms with E-state index in [1.807, 2.05) is 18.2 Å². The lowest BCUT2D eigenvalue weighted by Crippen LogP contribution is -1.86. The second-order valence-corrected chi connectivity index (χ2v) is 4.30. The SMILES string of the molecule is C=Cc1cc(C#N)cc(-c2nc(-c3ccccn3)no2)c1. The van der Waals surface area contributed by atoms with E-state index in [0.717, 1.165) is 5.56 Å². The Morgan fingerprint density at radius 1 is 1.24 bits per heavy atom. The molecule has 0 bridgehead atoms. The van der Waals surface area contributed by atoms with Gasteiger partial charge in [0.05, 0.1) is 11.6 Å². The van der Waals surface area contributed by atoms with E-state index in [-0.39, 0.29) is 0 Å². The highest BCUT2D eigenvalue weighted by atomic mass is 16.5. The summed E-state index contributed by atoms with van der Waals surface area (Å²) in [6.45, 7) is 3.71. The Kier molecular flexibility index (Phi) is 3.27. The van der Waals surface area contributed by atoms with Gasteiger partial charge in [0, 0.05) is 11.8 Å². The highest BCUT2D eigenvalue weighted by Gasteiger charge is 2.12. The van der Waals surface area contributed by atoms with E-state index in [9.17, 15) is 0 Å². The van der Waals surface area contributed by atoms with Crippen LogP contribution in [-0.4, -0.2) is 15.1 Å². The molecule has 0 fully saturated rings. The first-order chi connectivity index (χ1) is 10.3. The first-order valence-corrected chi connectivity index (χ1v) is 6.23. The van der Waals surface area contributed by atoms with Gasteiger partial charge in [-0.3, -0.25) is 4.98 Å². The third kappa shape index (κ3) is 2.55. The molecular weight excluding hydrogens is 264 g/mol.